The van der Waals surface area contributed by atoms with Crippen LogP contribution >= 0.6 is 11.3 Å². The van der Waals surface area contributed by atoms with Crippen LogP contribution in [0.2, 0.25) is 0 Å². The van der Waals surface area contributed by atoms with E-state index >= 15 is 0 Å². The van der Waals surface area contributed by atoms with Crippen LogP contribution in [0.4, 0.5) is 0 Å². The van der Waals surface area contributed by atoms with Gasteiger partial charge in [-0.3, -0.25) is 4.40 Å². The second kappa shape index (κ2) is 5.01. The van der Waals surface area contributed by atoms with Gasteiger partial charge >= 0.3 is 0 Å². The van der Waals surface area contributed by atoms with Crippen LogP contribution in [0.1, 0.15) is 23.8 Å². The number of benzene rings is 1. The molecule has 3 aromatic heterocycles. The first-order valence-corrected chi connectivity index (χ1v) is 8.96. The van der Waals surface area contributed by atoms with Crippen LogP contribution in [0.3, 0.4) is 0 Å². The Hall–Kier alpha value is -2.47. The quantitative estimate of drug-likeness (QED) is 0.574. The van der Waals surface area contributed by atoms with Gasteiger partial charge in [0.1, 0.15) is 16.9 Å². The number of nitrogens with zero attached hydrogens (tertiary/aromatic N) is 4. The van der Waals surface area contributed by atoms with Crippen LogP contribution in [-0.2, 0) is 12.8 Å². The Kier molecular flexibility index (Phi) is 2.91. The van der Waals surface area contributed by atoms with Gasteiger partial charge in [-0.05, 0) is 42.9 Å². The summed E-state index contributed by atoms with van der Waals surface area (Å²) in [6, 6.07) is 7.20. The number of thiophene rings is 1. The standard InChI is InChI=1S/C18H16N4OS/c1-10-6-7-14-12(8-10)15-17-21-20-16(11-4-2-3-5-13(11)23)22(17)9-19-18(15)24-14/h2-5,9-10,23H,6-8H2,1H3. The predicted molar refractivity (Wildman–Crippen MR) is 94.5 cm³/mol. The molecule has 4 aromatic rings. The van der Waals surface area contributed by atoms with Gasteiger partial charge in [0.25, 0.3) is 0 Å². The smallest absolute Gasteiger partial charge is 0.173 e. The number of aromatic nitrogens is 4. The minimum absolute atomic E-state index is 0.202. The molecule has 5 nitrogen and oxygen atoms in total. The lowest BCUT2D eigenvalue weighted by Gasteiger charge is -2.17. The molecule has 1 unspecified atom stereocenters. The summed E-state index contributed by atoms with van der Waals surface area (Å²) < 4.78 is 1.89. The first-order chi connectivity index (χ1) is 11.7. The van der Waals surface area contributed by atoms with Crippen molar-refractivity contribution in [3.8, 4) is 17.1 Å². The summed E-state index contributed by atoms with van der Waals surface area (Å²) in [4.78, 5) is 7.13. The van der Waals surface area contributed by atoms with Crippen LogP contribution in [0.5, 0.6) is 5.75 Å². The average molecular weight is 336 g/mol. The molecule has 1 atom stereocenters. The number of phenolic OH excluding ortho intramolecular Hbond substituents is 1. The predicted octanol–water partition coefficient (Wildman–Crippen LogP) is 3.84. The molecule has 0 spiro atoms. The van der Waals surface area contributed by atoms with Gasteiger partial charge in [-0.2, -0.15) is 0 Å². The largest absolute Gasteiger partial charge is 0.507 e. The van der Waals surface area contributed by atoms with E-state index in [0.29, 0.717) is 17.3 Å². The summed E-state index contributed by atoms with van der Waals surface area (Å²) in [5, 5.41) is 20.1. The highest BCUT2D eigenvalue weighted by Crippen LogP contribution is 2.39. The summed E-state index contributed by atoms with van der Waals surface area (Å²) in [6.07, 6.45) is 5.22. The van der Waals surface area contributed by atoms with E-state index in [1.807, 2.05) is 16.5 Å². The molecular formula is C18H16N4OS. The van der Waals surface area contributed by atoms with Crippen LogP contribution in [0, 0.1) is 5.92 Å². The molecule has 0 amide bonds. The van der Waals surface area contributed by atoms with Gasteiger partial charge in [0.15, 0.2) is 11.5 Å². The maximum atomic E-state index is 10.1. The molecule has 1 aliphatic rings. The maximum absolute atomic E-state index is 10.1. The minimum atomic E-state index is 0.202. The molecule has 24 heavy (non-hydrogen) atoms. The van der Waals surface area contributed by atoms with Crippen molar-refractivity contribution in [1.29, 1.82) is 0 Å². The molecule has 0 bridgehead atoms. The zero-order chi connectivity index (χ0) is 16.3. The van der Waals surface area contributed by atoms with E-state index in [1.54, 1.807) is 29.8 Å². The molecule has 0 saturated heterocycles. The van der Waals surface area contributed by atoms with E-state index < -0.39 is 0 Å². The molecule has 0 fully saturated rings. The molecule has 1 N–H and O–H groups in total. The third-order valence-electron chi connectivity index (χ3n) is 4.84. The zero-order valence-electron chi connectivity index (χ0n) is 13.2. The molecule has 0 radical (unpaired) electrons. The Bertz CT molecular complexity index is 1080. The monoisotopic (exact) mass is 336 g/mol. The maximum Gasteiger partial charge on any atom is 0.173 e. The van der Waals surface area contributed by atoms with E-state index in [2.05, 4.69) is 22.1 Å². The van der Waals surface area contributed by atoms with Crippen molar-refractivity contribution in [2.24, 2.45) is 5.92 Å². The van der Waals surface area contributed by atoms with Gasteiger partial charge in [0.2, 0.25) is 0 Å². The van der Waals surface area contributed by atoms with Gasteiger partial charge in [0.05, 0.1) is 10.9 Å². The SMILES string of the molecule is CC1CCc2sc3ncn4c(-c5ccccc5O)nnc4c3c2C1. The topological polar surface area (TPSA) is 63.3 Å². The summed E-state index contributed by atoms with van der Waals surface area (Å²) in [6.45, 7) is 2.30. The Balaban J connectivity index is 1.81. The third kappa shape index (κ3) is 1.89. The fraction of sp³-hybridized carbons (Fsp3) is 0.278. The fourth-order valence-corrected chi connectivity index (χ4v) is 4.77. The van der Waals surface area contributed by atoms with Crippen LogP contribution < -0.4 is 0 Å². The second-order valence-corrected chi connectivity index (χ2v) is 7.59. The summed E-state index contributed by atoms with van der Waals surface area (Å²) >= 11 is 1.78. The van der Waals surface area contributed by atoms with Crippen molar-refractivity contribution in [3.63, 3.8) is 0 Å². The van der Waals surface area contributed by atoms with Crippen molar-refractivity contribution in [2.45, 2.75) is 26.2 Å². The molecule has 120 valence electrons. The number of para-hydroxylation sites is 1. The van der Waals surface area contributed by atoms with Crippen LogP contribution in [0.15, 0.2) is 30.6 Å². The van der Waals surface area contributed by atoms with E-state index in [1.165, 1.54) is 16.9 Å². The first kappa shape index (κ1) is 13.9. The lowest BCUT2D eigenvalue weighted by atomic mass is 9.89. The van der Waals surface area contributed by atoms with E-state index in [-0.39, 0.29) is 5.75 Å². The lowest BCUT2D eigenvalue weighted by molar-refractivity contribution is 0.477. The van der Waals surface area contributed by atoms with Crippen molar-refractivity contribution in [1.82, 2.24) is 19.6 Å². The Morgan fingerprint density at radius 1 is 1.25 bits per heavy atom. The summed E-state index contributed by atoms with van der Waals surface area (Å²) in [7, 11) is 0. The number of aryl methyl sites for hydroxylation is 1. The van der Waals surface area contributed by atoms with Crippen LogP contribution in [-0.4, -0.2) is 24.7 Å². The number of fused-ring (bicyclic) bond motifs is 5. The Morgan fingerprint density at radius 2 is 2.12 bits per heavy atom. The molecule has 6 heteroatoms. The van der Waals surface area contributed by atoms with Crippen molar-refractivity contribution in [2.75, 3.05) is 0 Å². The normalized spacial score (nSPS) is 17.5. The number of hydrogen-bond acceptors (Lipinski definition) is 5. The molecule has 0 saturated carbocycles. The van der Waals surface area contributed by atoms with Gasteiger partial charge in [0, 0.05) is 4.88 Å². The summed E-state index contributed by atoms with van der Waals surface area (Å²) in [5.74, 6) is 1.52. The van der Waals surface area contributed by atoms with Crippen molar-refractivity contribution >= 4 is 27.2 Å². The zero-order valence-corrected chi connectivity index (χ0v) is 14.0. The van der Waals surface area contributed by atoms with Gasteiger partial charge in [-0.25, -0.2) is 4.98 Å². The minimum Gasteiger partial charge on any atom is -0.507 e. The van der Waals surface area contributed by atoms with Crippen molar-refractivity contribution < 1.29 is 5.11 Å². The molecule has 1 aromatic carbocycles. The fourth-order valence-electron chi connectivity index (χ4n) is 3.59. The number of aromatic hydroxyl groups is 1. The average Bonchev–Trinajstić information content (AvgIpc) is 3.15. The molecule has 5 rings (SSSR count). The number of rotatable bonds is 1. The van der Waals surface area contributed by atoms with Crippen molar-refractivity contribution in [3.05, 3.63) is 41.0 Å². The number of hydrogen-bond donors (Lipinski definition) is 1. The third-order valence-corrected chi connectivity index (χ3v) is 6.04. The Labute approximate surface area is 142 Å². The van der Waals surface area contributed by atoms with Gasteiger partial charge in [-0.15, -0.1) is 21.5 Å². The Morgan fingerprint density at radius 3 is 3.00 bits per heavy atom. The van der Waals surface area contributed by atoms with E-state index in [4.69, 9.17) is 0 Å². The number of phenols is 1. The molecular weight excluding hydrogens is 320 g/mol. The summed E-state index contributed by atoms with van der Waals surface area (Å²) in [5.41, 5.74) is 2.90. The van der Waals surface area contributed by atoms with E-state index in [9.17, 15) is 5.11 Å². The van der Waals surface area contributed by atoms with Gasteiger partial charge in [-0.1, -0.05) is 19.1 Å². The highest BCUT2D eigenvalue weighted by molar-refractivity contribution is 7.19. The first-order valence-electron chi connectivity index (χ1n) is 8.14. The van der Waals surface area contributed by atoms with Gasteiger partial charge < -0.3 is 5.11 Å². The molecule has 0 aliphatic heterocycles. The van der Waals surface area contributed by atoms with E-state index in [0.717, 1.165) is 28.7 Å². The molecule has 3 heterocycles. The highest BCUT2D eigenvalue weighted by atomic mass is 32.1. The molecule has 1 aliphatic carbocycles. The highest BCUT2D eigenvalue weighted by Gasteiger charge is 2.24. The van der Waals surface area contributed by atoms with Crippen LogP contribution in [0.25, 0.3) is 27.3 Å². The second-order valence-electron chi connectivity index (χ2n) is 6.51. The lowest BCUT2D eigenvalue weighted by Crippen LogP contribution is -2.09.